The second kappa shape index (κ2) is 7.61. The maximum Gasteiger partial charge on any atom is 0.193 e. The van der Waals surface area contributed by atoms with Crippen molar-refractivity contribution in [2.45, 2.75) is 25.7 Å². The molecule has 2 aliphatic rings. The smallest absolute Gasteiger partial charge is 0.193 e. The average molecular weight is 302 g/mol. The molecule has 1 aliphatic carbocycles. The van der Waals surface area contributed by atoms with Gasteiger partial charge in [-0.25, -0.2) is 0 Å². The maximum atomic E-state index is 6.05. The summed E-state index contributed by atoms with van der Waals surface area (Å²) in [6.07, 6.45) is 4.87. The largest absolute Gasteiger partial charge is 0.379 e. The Hall–Kier alpha value is -1.59. The normalized spacial score (nSPS) is 19.7. The summed E-state index contributed by atoms with van der Waals surface area (Å²) in [6, 6.07) is 6.44. The van der Waals surface area contributed by atoms with E-state index < -0.39 is 0 Å². The predicted octanol–water partition coefficient (Wildman–Crippen LogP) is 1.62. The second-order valence-electron chi connectivity index (χ2n) is 6.00. The van der Waals surface area contributed by atoms with E-state index in [-0.39, 0.29) is 0 Å². The number of ether oxygens (including phenoxy) is 1. The number of hydrogen-bond donors (Lipinski definition) is 2. The number of benzene rings is 1. The summed E-state index contributed by atoms with van der Waals surface area (Å²) in [6.45, 7) is 5.32. The Morgan fingerprint density at radius 2 is 2.05 bits per heavy atom. The summed E-state index contributed by atoms with van der Waals surface area (Å²) in [4.78, 5) is 6.83. The fourth-order valence-corrected chi connectivity index (χ4v) is 3.21. The van der Waals surface area contributed by atoms with E-state index in [0.29, 0.717) is 5.96 Å². The molecule has 0 unspecified atom stereocenters. The minimum atomic E-state index is 0.521. The molecule has 3 rings (SSSR count). The third-order valence-corrected chi connectivity index (χ3v) is 4.46. The Morgan fingerprint density at radius 3 is 2.91 bits per heavy atom. The van der Waals surface area contributed by atoms with E-state index >= 15 is 0 Å². The van der Waals surface area contributed by atoms with Crippen molar-refractivity contribution in [1.82, 2.24) is 4.90 Å². The molecule has 5 nitrogen and oxygen atoms in total. The minimum absolute atomic E-state index is 0.521. The summed E-state index contributed by atoms with van der Waals surface area (Å²) in [5.41, 5.74) is 10.1. The lowest BCUT2D eigenvalue weighted by Crippen LogP contribution is -2.38. The van der Waals surface area contributed by atoms with E-state index in [2.05, 4.69) is 33.4 Å². The summed E-state index contributed by atoms with van der Waals surface area (Å²) in [7, 11) is 0. The second-order valence-corrected chi connectivity index (χ2v) is 6.00. The molecule has 120 valence electrons. The molecule has 1 aromatic carbocycles. The monoisotopic (exact) mass is 302 g/mol. The van der Waals surface area contributed by atoms with E-state index in [0.717, 1.165) is 51.5 Å². The van der Waals surface area contributed by atoms with Gasteiger partial charge in [-0.1, -0.05) is 12.1 Å². The van der Waals surface area contributed by atoms with Crippen molar-refractivity contribution in [3.05, 3.63) is 29.3 Å². The van der Waals surface area contributed by atoms with Gasteiger partial charge >= 0.3 is 0 Å². The van der Waals surface area contributed by atoms with Gasteiger partial charge in [-0.2, -0.15) is 0 Å². The lowest BCUT2D eigenvalue weighted by atomic mass is 9.90. The van der Waals surface area contributed by atoms with E-state index in [9.17, 15) is 0 Å². The van der Waals surface area contributed by atoms with Gasteiger partial charge in [0.15, 0.2) is 5.96 Å². The fourth-order valence-electron chi connectivity index (χ4n) is 3.21. The number of nitrogens with zero attached hydrogens (tertiary/aromatic N) is 2. The highest BCUT2D eigenvalue weighted by molar-refractivity contribution is 5.93. The van der Waals surface area contributed by atoms with Crippen LogP contribution in [-0.2, 0) is 17.6 Å². The van der Waals surface area contributed by atoms with Crippen molar-refractivity contribution in [3.8, 4) is 0 Å². The summed E-state index contributed by atoms with van der Waals surface area (Å²) in [5.74, 6) is 0.521. The Kier molecular flexibility index (Phi) is 5.29. The highest BCUT2D eigenvalue weighted by Crippen LogP contribution is 2.27. The lowest BCUT2D eigenvalue weighted by molar-refractivity contribution is 0.0394. The number of guanidine groups is 1. The Balaban J connectivity index is 1.54. The zero-order chi connectivity index (χ0) is 15.2. The molecule has 1 aliphatic heterocycles. The Bertz CT molecular complexity index is 523. The maximum absolute atomic E-state index is 6.05. The SMILES string of the molecule is NC(=NCCN1CCOCC1)Nc1cccc2c1CCCC2. The van der Waals surface area contributed by atoms with Crippen LogP contribution in [0.3, 0.4) is 0 Å². The van der Waals surface area contributed by atoms with Crippen LogP contribution < -0.4 is 11.1 Å². The van der Waals surface area contributed by atoms with E-state index in [1.54, 1.807) is 0 Å². The van der Waals surface area contributed by atoms with Crippen LogP contribution >= 0.6 is 0 Å². The third kappa shape index (κ3) is 3.99. The first kappa shape index (κ1) is 15.3. The number of aliphatic imine (C=N–C) groups is 1. The molecule has 1 fully saturated rings. The number of nitrogens with one attached hydrogen (secondary N) is 1. The number of fused-ring (bicyclic) bond motifs is 1. The first-order valence-corrected chi connectivity index (χ1v) is 8.31. The molecular formula is C17H26N4O. The van der Waals surface area contributed by atoms with Crippen LogP contribution in [0.5, 0.6) is 0 Å². The standard InChI is InChI=1S/C17H26N4O/c18-17(19-8-9-21-10-12-22-13-11-21)20-16-7-3-5-14-4-1-2-6-15(14)16/h3,5,7H,1-2,4,6,8-13H2,(H3,18,19,20). The average Bonchev–Trinajstić information content (AvgIpc) is 2.56. The molecule has 0 atom stereocenters. The van der Waals surface area contributed by atoms with Crippen LogP contribution in [0.2, 0.25) is 0 Å². The van der Waals surface area contributed by atoms with Crippen molar-refractivity contribution in [1.29, 1.82) is 0 Å². The van der Waals surface area contributed by atoms with E-state index in [1.807, 2.05) is 0 Å². The van der Waals surface area contributed by atoms with Gasteiger partial charge in [0.25, 0.3) is 0 Å². The molecule has 3 N–H and O–H groups in total. The van der Waals surface area contributed by atoms with Crippen molar-refractivity contribution in [3.63, 3.8) is 0 Å². The van der Waals surface area contributed by atoms with Crippen molar-refractivity contribution in [2.75, 3.05) is 44.7 Å². The number of hydrogen-bond acceptors (Lipinski definition) is 3. The molecule has 5 heteroatoms. The molecule has 1 aromatic rings. The van der Waals surface area contributed by atoms with Gasteiger partial charge in [0.2, 0.25) is 0 Å². The molecular weight excluding hydrogens is 276 g/mol. The van der Waals surface area contributed by atoms with Gasteiger partial charge in [0.1, 0.15) is 0 Å². The van der Waals surface area contributed by atoms with Gasteiger partial charge < -0.3 is 15.8 Å². The van der Waals surface area contributed by atoms with Crippen LogP contribution in [0.15, 0.2) is 23.2 Å². The number of nitrogens with two attached hydrogens (primary N) is 1. The highest BCUT2D eigenvalue weighted by Gasteiger charge is 2.13. The van der Waals surface area contributed by atoms with Gasteiger partial charge in [0, 0.05) is 25.3 Å². The predicted molar refractivity (Wildman–Crippen MR) is 90.5 cm³/mol. The molecule has 0 amide bonds. The van der Waals surface area contributed by atoms with Crippen molar-refractivity contribution >= 4 is 11.6 Å². The van der Waals surface area contributed by atoms with Crippen LogP contribution in [-0.4, -0.2) is 50.3 Å². The van der Waals surface area contributed by atoms with Crippen molar-refractivity contribution in [2.24, 2.45) is 10.7 Å². The molecule has 0 spiro atoms. The van der Waals surface area contributed by atoms with Crippen LogP contribution in [0.4, 0.5) is 5.69 Å². The Labute approximate surface area is 132 Å². The van der Waals surface area contributed by atoms with Gasteiger partial charge in [-0.05, 0) is 42.9 Å². The van der Waals surface area contributed by atoms with Gasteiger partial charge in [0.05, 0.1) is 19.8 Å². The molecule has 0 bridgehead atoms. The molecule has 1 saturated heterocycles. The summed E-state index contributed by atoms with van der Waals surface area (Å²) >= 11 is 0. The number of anilines is 1. The van der Waals surface area contributed by atoms with Gasteiger partial charge in [-0.3, -0.25) is 9.89 Å². The van der Waals surface area contributed by atoms with Crippen LogP contribution in [0, 0.1) is 0 Å². The Morgan fingerprint density at radius 1 is 1.23 bits per heavy atom. The zero-order valence-corrected chi connectivity index (χ0v) is 13.2. The zero-order valence-electron chi connectivity index (χ0n) is 13.2. The third-order valence-electron chi connectivity index (χ3n) is 4.46. The lowest BCUT2D eigenvalue weighted by Gasteiger charge is -2.25. The summed E-state index contributed by atoms with van der Waals surface area (Å²) < 4.78 is 5.34. The van der Waals surface area contributed by atoms with Crippen LogP contribution in [0.25, 0.3) is 0 Å². The topological polar surface area (TPSA) is 62.9 Å². The number of aryl methyl sites for hydroxylation is 1. The van der Waals surface area contributed by atoms with E-state index in [4.69, 9.17) is 10.5 Å². The molecule has 0 radical (unpaired) electrons. The molecule has 0 aromatic heterocycles. The van der Waals surface area contributed by atoms with Crippen molar-refractivity contribution < 1.29 is 4.74 Å². The quantitative estimate of drug-likeness (QED) is 0.655. The number of rotatable bonds is 4. The molecule has 22 heavy (non-hydrogen) atoms. The fraction of sp³-hybridized carbons (Fsp3) is 0.588. The first-order valence-electron chi connectivity index (χ1n) is 8.31. The number of morpholine rings is 1. The molecule has 0 saturated carbocycles. The first-order chi connectivity index (χ1) is 10.8. The summed E-state index contributed by atoms with van der Waals surface area (Å²) in [5, 5.41) is 3.29. The minimum Gasteiger partial charge on any atom is -0.379 e. The van der Waals surface area contributed by atoms with E-state index in [1.165, 1.54) is 30.4 Å². The highest BCUT2D eigenvalue weighted by atomic mass is 16.5. The van der Waals surface area contributed by atoms with Gasteiger partial charge in [-0.15, -0.1) is 0 Å². The van der Waals surface area contributed by atoms with Crippen LogP contribution in [0.1, 0.15) is 24.0 Å². The molecule has 1 heterocycles.